The second-order valence-electron chi connectivity index (χ2n) is 3.78. The molecule has 0 aromatic carbocycles. The lowest BCUT2D eigenvalue weighted by molar-refractivity contribution is 0.810. The summed E-state index contributed by atoms with van der Waals surface area (Å²) in [5.41, 5.74) is 6.75. The summed E-state index contributed by atoms with van der Waals surface area (Å²) in [6.07, 6.45) is 3.54. The molecule has 0 saturated carbocycles. The Morgan fingerprint density at radius 2 is 2.00 bits per heavy atom. The van der Waals surface area contributed by atoms with Crippen LogP contribution in [0, 0.1) is 0 Å². The summed E-state index contributed by atoms with van der Waals surface area (Å²) >= 11 is 5.89. The zero-order chi connectivity index (χ0) is 13.0. The fourth-order valence-electron chi connectivity index (χ4n) is 1.65. The van der Waals surface area contributed by atoms with Gasteiger partial charge in [-0.05, 0) is 24.6 Å². The summed E-state index contributed by atoms with van der Waals surface area (Å²) in [5.74, 6) is 0.914. The molecule has 2 N–H and O–H groups in total. The van der Waals surface area contributed by atoms with Gasteiger partial charge in [-0.1, -0.05) is 11.6 Å². The number of hydrogen-bond acceptors (Lipinski definition) is 5. The van der Waals surface area contributed by atoms with Crippen molar-refractivity contribution in [2.45, 2.75) is 13.5 Å². The van der Waals surface area contributed by atoms with Gasteiger partial charge in [0.2, 0.25) is 5.95 Å². The van der Waals surface area contributed by atoms with Crippen LogP contribution in [0.3, 0.4) is 0 Å². The highest BCUT2D eigenvalue weighted by atomic mass is 35.5. The highest BCUT2D eigenvalue weighted by molar-refractivity contribution is 6.29. The summed E-state index contributed by atoms with van der Waals surface area (Å²) in [6, 6.07) is 5.65. The van der Waals surface area contributed by atoms with E-state index in [2.05, 4.69) is 19.9 Å². The maximum atomic E-state index is 5.89. The zero-order valence-electron chi connectivity index (χ0n) is 10.0. The number of halogens is 1. The van der Waals surface area contributed by atoms with Gasteiger partial charge in [-0.2, -0.15) is 4.98 Å². The maximum Gasteiger partial charge on any atom is 0.223 e. The molecule has 0 amide bonds. The van der Waals surface area contributed by atoms with Gasteiger partial charge >= 0.3 is 0 Å². The van der Waals surface area contributed by atoms with Crippen molar-refractivity contribution in [2.24, 2.45) is 0 Å². The maximum absolute atomic E-state index is 5.89. The summed E-state index contributed by atoms with van der Waals surface area (Å²) < 4.78 is 0. The SMILES string of the molecule is CCN(Cc1ccncc1)c1cc(Cl)nc(N)n1. The largest absolute Gasteiger partial charge is 0.368 e. The van der Waals surface area contributed by atoms with Crippen molar-refractivity contribution in [2.75, 3.05) is 17.2 Å². The standard InChI is InChI=1S/C12H14ClN5/c1-2-18(8-9-3-5-15-6-4-9)11-7-10(13)16-12(14)17-11/h3-7H,2,8H2,1H3,(H2,14,16,17). The molecule has 0 bridgehead atoms. The lowest BCUT2D eigenvalue weighted by Gasteiger charge is -2.22. The molecule has 0 unspecified atom stereocenters. The summed E-state index contributed by atoms with van der Waals surface area (Å²) in [6.45, 7) is 3.58. The first-order valence-electron chi connectivity index (χ1n) is 5.63. The predicted octanol–water partition coefficient (Wildman–Crippen LogP) is 2.13. The van der Waals surface area contributed by atoms with E-state index in [4.69, 9.17) is 17.3 Å². The molecule has 0 atom stereocenters. The number of anilines is 2. The van der Waals surface area contributed by atoms with Gasteiger partial charge in [-0.25, -0.2) is 4.98 Å². The minimum absolute atomic E-state index is 0.186. The predicted molar refractivity (Wildman–Crippen MR) is 72.4 cm³/mol. The van der Waals surface area contributed by atoms with Gasteiger partial charge in [-0.15, -0.1) is 0 Å². The Morgan fingerprint density at radius 1 is 1.28 bits per heavy atom. The first-order chi connectivity index (χ1) is 8.69. The van der Waals surface area contributed by atoms with E-state index in [1.165, 1.54) is 0 Å². The second-order valence-corrected chi connectivity index (χ2v) is 4.16. The van der Waals surface area contributed by atoms with Gasteiger partial charge in [0, 0.05) is 31.5 Å². The molecule has 0 fully saturated rings. The number of nitrogen functional groups attached to an aromatic ring is 1. The average molecular weight is 264 g/mol. The van der Waals surface area contributed by atoms with Crippen LogP contribution in [0.1, 0.15) is 12.5 Å². The lowest BCUT2D eigenvalue weighted by Crippen LogP contribution is -2.23. The normalized spacial score (nSPS) is 10.3. The van der Waals surface area contributed by atoms with Crippen molar-refractivity contribution in [1.29, 1.82) is 0 Å². The van der Waals surface area contributed by atoms with Gasteiger partial charge in [-0.3, -0.25) is 4.98 Å². The Labute approximate surface area is 111 Å². The van der Waals surface area contributed by atoms with Crippen molar-refractivity contribution in [3.05, 3.63) is 41.3 Å². The fraction of sp³-hybridized carbons (Fsp3) is 0.250. The number of nitrogens with two attached hydrogens (primary N) is 1. The molecule has 94 valence electrons. The van der Waals surface area contributed by atoms with Gasteiger partial charge in [0.1, 0.15) is 11.0 Å². The van der Waals surface area contributed by atoms with Gasteiger partial charge in [0.05, 0.1) is 0 Å². The molecule has 2 aromatic heterocycles. The van der Waals surface area contributed by atoms with Crippen LogP contribution in [0.25, 0.3) is 0 Å². The monoisotopic (exact) mass is 263 g/mol. The Morgan fingerprint density at radius 3 is 2.61 bits per heavy atom. The fourth-order valence-corrected chi connectivity index (χ4v) is 1.83. The van der Waals surface area contributed by atoms with Crippen LogP contribution < -0.4 is 10.6 Å². The van der Waals surface area contributed by atoms with E-state index in [1.807, 2.05) is 19.1 Å². The smallest absolute Gasteiger partial charge is 0.223 e. The number of aromatic nitrogens is 3. The highest BCUT2D eigenvalue weighted by Crippen LogP contribution is 2.18. The van der Waals surface area contributed by atoms with Crippen LogP contribution in [0.15, 0.2) is 30.6 Å². The zero-order valence-corrected chi connectivity index (χ0v) is 10.8. The van der Waals surface area contributed by atoms with Gasteiger partial charge < -0.3 is 10.6 Å². The molecule has 0 aliphatic rings. The molecular formula is C12H14ClN5. The summed E-state index contributed by atoms with van der Waals surface area (Å²) in [5, 5.41) is 0.352. The van der Waals surface area contributed by atoms with Crippen molar-refractivity contribution >= 4 is 23.4 Å². The van der Waals surface area contributed by atoms with Crippen LogP contribution in [0.2, 0.25) is 5.15 Å². The third-order valence-corrected chi connectivity index (χ3v) is 2.72. The Kier molecular flexibility index (Phi) is 3.94. The molecule has 5 nitrogen and oxygen atoms in total. The average Bonchev–Trinajstić information content (AvgIpc) is 2.36. The van der Waals surface area contributed by atoms with E-state index in [9.17, 15) is 0 Å². The van der Waals surface area contributed by atoms with Crippen LogP contribution in [0.5, 0.6) is 0 Å². The van der Waals surface area contributed by atoms with Crippen molar-refractivity contribution < 1.29 is 0 Å². The minimum Gasteiger partial charge on any atom is -0.368 e. The molecule has 0 spiro atoms. The van der Waals surface area contributed by atoms with Gasteiger partial charge in [0.25, 0.3) is 0 Å². The summed E-state index contributed by atoms with van der Waals surface area (Å²) in [7, 11) is 0. The van der Waals surface area contributed by atoms with Crippen LogP contribution in [0.4, 0.5) is 11.8 Å². The quantitative estimate of drug-likeness (QED) is 0.856. The lowest BCUT2D eigenvalue weighted by atomic mass is 10.2. The Balaban J connectivity index is 2.23. The van der Waals surface area contributed by atoms with Crippen molar-refractivity contribution in [1.82, 2.24) is 15.0 Å². The van der Waals surface area contributed by atoms with Crippen LogP contribution in [-0.2, 0) is 6.54 Å². The Hall–Kier alpha value is -1.88. The third-order valence-electron chi connectivity index (χ3n) is 2.53. The van der Waals surface area contributed by atoms with E-state index >= 15 is 0 Å². The molecule has 0 saturated heterocycles. The van der Waals surface area contributed by atoms with Crippen molar-refractivity contribution in [3.63, 3.8) is 0 Å². The van der Waals surface area contributed by atoms with E-state index in [0.29, 0.717) is 5.15 Å². The molecule has 0 aliphatic heterocycles. The van der Waals surface area contributed by atoms with E-state index in [0.717, 1.165) is 24.5 Å². The Bertz CT molecular complexity index is 497. The first kappa shape index (κ1) is 12.6. The molecule has 18 heavy (non-hydrogen) atoms. The van der Waals surface area contributed by atoms with E-state index in [-0.39, 0.29) is 5.95 Å². The third kappa shape index (κ3) is 3.07. The molecule has 2 heterocycles. The van der Waals surface area contributed by atoms with E-state index < -0.39 is 0 Å². The van der Waals surface area contributed by atoms with Crippen LogP contribution >= 0.6 is 11.6 Å². The minimum atomic E-state index is 0.186. The number of pyridine rings is 1. The number of rotatable bonds is 4. The molecule has 2 aromatic rings. The van der Waals surface area contributed by atoms with E-state index in [1.54, 1.807) is 18.5 Å². The van der Waals surface area contributed by atoms with Crippen LogP contribution in [-0.4, -0.2) is 21.5 Å². The van der Waals surface area contributed by atoms with Crippen molar-refractivity contribution in [3.8, 4) is 0 Å². The first-order valence-corrected chi connectivity index (χ1v) is 6.00. The number of nitrogens with zero attached hydrogens (tertiary/aromatic N) is 4. The molecule has 2 rings (SSSR count). The molecule has 0 aliphatic carbocycles. The molecule has 6 heteroatoms. The second kappa shape index (κ2) is 5.64. The van der Waals surface area contributed by atoms with Gasteiger partial charge in [0.15, 0.2) is 0 Å². The molecule has 0 radical (unpaired) electrons. The highest BCUT2D eigenvalue weighted by Gasteiger charge is 2.09. The number of hydrogen-bond donors (Lipinski definition) is 1. The summed E-state index contributed by atoms with van der Waals surface area (Å²) in [4.78, 5) is 14.1. The molecular weight excluding hydrogens is 250 g/mol. The topological polar surface area (TPSA) is 67.9 Å².